The third-order valence-electron chi connectivity index (χ3n) is 3.86. The molecule has 1 aromatic rings. The van der Waals surface area contributed by atoms with E-state index in [1.165, 1.54) is 0 Å². The van der Waals surface area contributed by atoms with Gasteiger partial charge in [-0.25, -0.2) is 0 Å². The molecule has 0 bridgehead atoms. The normalized spacial score (nSPS) is 21.7. The zero-order chi connectivity index (χ0) is 14.5. The Kier molecular flexibility index (Phi) is 3.34. The molecule has 2 N–H and O–H groups in total. The van der Waals surface area contributed by atoms with Gasteiger partial charge in [0.25, 0.3) is 0 Å². The molecule has 1 heterocycles. The average molecular weight is 260 g/mol. The van der Waals surface area contributed by atoms with Crippen LogP contribution in [0.4, 0.5) is 0 Å². The van der Waals surface area contributed by atoms with Gasteiger partial charge in [0.2, 0.25) is 0 Å². The van der Waals surface area contributed by atoms with Crippen molar-refractivity contribution in [3.05, 3.63) is 29.8 Å². The van der Waals surface area contributed by atoms with E-state index in [0.29, 0.717) is 5.46 Å². The summed E-state index contributed by atoms with van der Waals surface area (Å²) >= 11 is 0. The first-order valence-electron chi connectivity index (χ1n) is 6.23. The second-order valence-electron chi connectivity index (χ2n) is 5.90. The summed E-state index contributed by atoms with van der Waals surface area (Å²) in [6.45, 7) is 7.73. The van der Waals surface area contributed by atoms with Crippen molar-refractivity contribution in [3.63, 3.8) is 0 Å². The number of rotatable bonds is 2. The second-order valence-corrected chi connectivity index (χ2v) is 5.90. The van der Waals surface area contributed by atoms with Gasteiger partial charge in [0.05, 0.1) is 11.2 Å². The molecule has 2 radical (unpaired) electrons. The molecule has 1 aromatic carbocycles. The second kappa shape index (κ2) is 4.35. The van der Waals surface area contributed by atoms with Crippen molar-refractivity contribution in [2.24, 2.45) is 0 Å². The summed E-state index contributed by atoms with van der Waals surface area (Å²) in [6.07, 6.45) is 0. The SMILES string of the molecule is [B]C(O)(O)c1ccccc1B1OC(C)(C)C(C)(C)O1. The zero-order valence-electron chi connectivity index (χ0n) is 11.7. The fraction of sp³-hybridized carbons (Fsp3) is 0.538. The molecule has 0 atom stereocenters. The molecule has 1 aliphatic rings. The van der Waals surface area contributed by atoms with Gasteiger partial charge in [0, 0.05) is 0 Å². The lowest BCUT2D eigenvalue weighted by molar-refractivity contribution is -0.0904. The molecule has 19 heavy (non-hydrogen) atoms. The molecule has 0 saturated carbocycles. The average Bonchev–Trinajstić information content (AvgIpc) is 2.47. The van der Waals surface area contributed by atoms with Gasteiger partial charge in [-0.2, -0.15) is 0 Å². The van der Waals surface area contributed by atoms with Gasteiger partial charge in [-0.3, -0.25) is 0 Å². The lowest BCUT2D eigenvalue weighted by atomic mass is 9.71. The third-order valence-corrected chi connectivity index (χ3v) is 3.86. The molecule has 0 amide bonds. The Balaban J connectivity index is 2.41. The predicted octanol–water partition coefficient (Wildman–Crippen LogP) is 0.249. The van der Waals surface area contributed by atoms with Crippen molar-refractivity contribution < 1.29 is 19.5 Å². The van der Waals surface area contributed by atoms with E-state index in [1.807, 2.05) is 27.7 Å². The lowest BCUT2D eigenvalue weighted by Gasteiger charge is -2.32. The molecule has 0 unspecified atom stereocenters. The molecule has 4 nitrogen and oxygen atoms in total. The van der Waals surface area contributed by atoms with Crippen LogP contribution in [0.3, 0.4) is 0 Å². The monoisotopic (exact) mass is 260 g/mol. The minimum Gasteiger partial charge on any atom is -0.399 e. The van der Waals surface area contributed by atoms with Crippen molar-refractivity contribution in [1.29, 1.82) is 0 Å². The van der Waals surface area contributed by atoms with Crippen LogP contribution >= 0.6 is 0 Å². The number of hydrogen-bond donors (Lipinski definition) is 2. The van der Waals surface area contributed by atoms with E-state index in [1.54, 1.807) is 24.3 Å². The van der Waals surface area contributed by atoms with E-state index < -0.39 is 24.0 Å². The Morgan fingerprint density at radius 3 is 2.00 bits per heavy atom. The van der Waals surface area contributed by atoms with Crippen molar-refractivity contribution in [2.75, 3.05) is 0 Å². The molecule has 6 heteroatoms. The van der Waals surface area contributed by atoms with Crippen molar-refractivity contribution in [1.82, 2.24) is 0 Å². The van der Waals surface area contributed by atoms with Gasteiger partial charge in [-0.15, -0.1) is 0 Å². The van der Waals surface area contributed by atoms with Crippen LogP contribution in [0.15, 0.2) is 24.3 Å². The molecule has 2 rings (SSSR count). The Morgan fingerprint density at radius 1 is 1.05 bits per heavy atom. The van der Waals surface area contributed by atoms with Gasteiger partial charge >= 0.3 is 7.12 Å². The van der Waals surface area contributed by atoms with Crippen LogP contribution in [0.1, 0.15) is 33.3 Å². The van der Waals surface area contributed by atoms with Crippen LogP contribution in [-0.4, -0.2) is 36.4 Å². The van der Waals surface area contributed by atoms with E-state index in [4.69, 9.17) is 17.2 Å². The van der Waals surface area contributed by atoms with Crippen molar-refractivity contribution in [3.8, 4) is 0 Å². The Morgan fingerprint density at radius 2 is 1.53 bits per heavy atom. The predicted molar refractivity (Wildman–Crippen MR) is 74.0 cm³/mol. The van der Waals surface area contributed by atoms with Crippen LogP contribution in [0, 0.1) is 0 Å². The summed E-state index contributed by atoms with van der Waals surface area (Å²) in [7, 11) is 4.68. The Hall–Kier alpha value is -0.810. The van der Waals surface area contributed by atoms with Crippen LogP contribution < -0.4 is 5.46 Å². The minimum atomic E-state index is -2.42. The van der Waals surface area contributed by atoms with E-state index >= 15 is 0 Å². The summed E-state index contributed by atoms with van der Waals surface area (Å²) in [4.78, 5) is 0. The summed E-state index contributed by atoms with van der Waals surface area (Å²) in [5.74, 6) is 0. The molecular weight excluding hydrogens is 242 g/mol. The maximum absolute atomic E-state index is 9.61. The first kappa shape index (κ1) is 14.6. The summed E-state index contributed by atoms with van der Waals surface area (Å²) in [6, 6.07) is 6.71. The number of benzene rings is 1. The molecule has 0 spiro atoms. The smallest absolute Gasteiger partial charge is 0.399 e. The van der Waals surface area contributed by atoms with E-state index in [0.717, 1.165) is 0 Å². The minimum absolute atomic E-state index is 0.175. The molecular formula is C13H18B2O4. The fourth-order valence-electron chi connectivity index (χ4n) is 2.01. The van der Waals surface area contributed by atoms with E-state index in [2.05, 4.69) is 0 Å². The highest BCUT2D eigenvalue weighted by atomic mass is 16.7. The Bertz CT molecular complexity index is 464. The third kappa shape index (κ3) is 2.58. The topological polar surface area (TPSA) is 58.9 Å². The molecule has 0 aliphatic carbocycles. The first-order chi connectivity index (χ1) is 8.55. The lowest BCUT2D eigenvalue weighted by Crippen LogP contribution is -2.42. The number of hydrogen-bond acceptors (Lipinski definition) is 4. The highest BCUT2D eigenvalue weighted by Gasteiger charge is 2.52. The van der Waals surface area contributed by atoms with E-state index in [9.17, 15) is 10.2 Å². The van der Waals surface area contributed by atoms with Crippen LogP contribution in [0.5, 0.6) is 0 Å². The highest BCUT2D eigenvalue weighted by molar-refractivity contribution is 6.62. The van der Waals surface area contributed by atoms with Crippen molar-refractivity contribution in [2.45, 2.75) is 44.6 Å². The van der Waals surface area contributed by atoms with Gasteiger partial charge in [-0.1, -0.05) is 24.3 Å². The fourth-order valence-corrected chi connectivity index (χ4v) is 2.01. The number of aliphatic hydroxyl groups is 2. The van der Waals surface area contributed by atoms with Gasteiger partial charge in [-0.05, 0) is 38.7 Å². The molecule has 100 valence electrons. The molecule has 1 fully saturated rings. The molecule has 1 saturated heterocycles. The van der Waals surface area contributed by atoms with E-state index in [-0.39, 0.29) is 5.56 Å². The van der Waals surface area contributed by atoms with Crippen LogP contribution in [0.2, 0.25) is 0 Å². The summed E-state index contributed by atoms with van der Waals surface area (Å²) < 4.78 is 11.8. The van der Waals surface area contributed by atoms with Gasteiger partial charge in [0.15, 0.2) is 7.85 Å². The standard InChI is InChI=1S/C13H18B2O4/c1-11(2)12(3,4)19-15(18-11)10-8-6-5-7-9(10)13(14,16)17/h5-8,16-17H,1-4H3. The maximum Gasteiger partial charge on any atom is 0.495 e. The Labute approximate surface area is 115 Å². The first-order valence-corrected chi connectivity index (χ1v) is 6.23. The van der Waals surface area contributed by atoms with Crippen LogP contribution in [0.25, 0.3) is 0 Å². The van der Waals surface area contributed by atoms with Crippen molar-refractivity contribution >= 4 is 20.4 Å². The zero-order valence-corrected chi connectivity index (χ0v) is 11.7. The van der Waals surface area contributed by atoms with Gasteiger partial charge in [0.1, 0.15) is 5.69 Å². The molecule has 0 aromatic heterocycles. The summed E-state index contributed by atoms with van der Waals surface area (Å²) in [5.41, 5.74) is -2.71. The quantitative estimate of drug-likeness (QED) is 0.591. The molecule has 1 aliphatic heterocycles. The summed E-state index contributed by atoms with van der Waals surface area (Å²) in [5, 5.41) is 19.2. The highest BCUT2D eigenvalue weighted by Crippen LogP contribution is 2.37. The van der Waals surface area contributed by atoms with Gasteiger partial charge < -0.3 is 19.5 Å². The largest absolute Gasteiger partial charge is 0.495 e. The maximum atomic E-state index is 9.61. The van der Waals surface area contributed by atoms with Crippen LogP contribution in [-0.2, 0) is 15.0 Å².